The molecular formula is C15H22N2O5. The number of carbonyl (C=O) groups excluding carboxylic acids is 2. The van der Waals surface area contributed by atoms with Gasteiger partial charge < -0.3 is 24.8 Å². The van der Waals surface area contributed by atoms with Crippen LogP contribution >= 0.6 is 0 Å². The summed E-state index contributed by atoms with van der Waals surface area (Å²) < 4.78 is 15.6. The van der Waals surface area contributed by atoms with Crippen LogP contribution < -0.4 is 24.8 Å². The minimum atomic E-state index is -0.335. The summed E-state index contributed by atoms with van der Waals surface area (Å²) in [5, 5.41) is 5.22. The number of ether oxygens (including phenoxy) is 3. The summed E-state index contributed by atoms with van der Waals surface area (Å²) in [6.45, 7) is 1.81. The van der Waals surface area contributed by atoms with E-state index in [1.807, 2.05) is 6.92 Å². The molecule has 1 aromatic rings. The van der Waals surface area contributed by atoms with Crippen LogP contribution in [0.4, 0.5) is 5.69 Å². The highest BCUT2D eigenvalue weighted by molar-refractivity contribution is 5.95. The second kappa shape index (κ2) is 8.76. The van der Waals surface area contributed by atoms with Crippen molar-refractivity contribution in [3.05, 3.63) is 12.1 Å². The molecule has 7 heteroatoms. The molecule has 0 saturated carbocycles. The number of benzene rings is 1. The SMILES string of the molecule is CCCC(=O)NCC(=O)Nc1cc(OC)c(OC)c(OC)c1. The fourth-order valence-electron chi connectivity index (χ4n) is 1.85. The topological polar surface area (TPSA) is 85.9 Å². The van der Waals surface area contributed by atoms with Gasteiger partial charge >= 0.3 is 0 Å². The fraction of sp³-hybridized carbons (Fsp3) is 0.467. The molecular weight excluding hydrogens is 288 g/mol. The summed E-state index contributed by atoms with van der Waals surface area (Å²) in [7, 11) is 4.49. The Labute approximate surface area is 129 Å². The third kappa shape index (κ3) is 4.83. The molecule has 0 atom stereocenters. The van der Waals surface area contributed by atoms with Gasteiger partial charge in [-0.25, -0.2) is 0 Å². The van der Waals surface area contributed by atoms with Crippen LogP contribution in [0.5, 0.6) is 17.2 Å². The van der Waals surface area contributed by atoms with Crippen LogP contribution in [-0.2, 0) is 9.59 Å². The van der Waals surface area contributed by atoms with Crippen molar-refractivity contribution in [3.8, 4) is 17.2 Å². The molecule has 0 spiro atoms. The summed E-state index contributed by atoms with van der Waals surface area (Å²) in [5.41, 5.74) is 0.490. The van der Waals surface area contributed by atoms with Crippen molar-refractivity contribution < 1.29 is 23.8 Å². The molecule has 0 aliphatic carbocycles. The van der Waals surface area contributed by atoms with E-state index in [2.05, 4.69) is 10.6 Å². The number of amides is 2. The average Bonchev–Trinajstić information content (AvgIpc) is 2.52. The first-order valence-corrected chi connectivity index (χ1v) is 6.92. The predicted octanol–water partition coefficient (Wildman–Crippen LogP) is 1.57. The van der Waals surface area contributed by atoms with Gasteiger partial charge in [-0.15, -0.1) is 0 Å². The molecule has 0 radical (unpaired) electrons. The molecule has 1 rings (SSSR count). The highest BCUT2D eigenvalue weighted by Crippen LogP contribution is 2.39. The number of carbonyl (C=O) groups is 2. The van der Waals surface area contributed by atoms with Crippen LogP contribution in [0.3, 0.4) is 0 Å². The normalized spacial score (nSPS) is 9.82. The maximum atomic E-state index is 11.8. The van der Waals surface area contributed by atoms with Crippen LogP contribution in [0.2, 0.25) is 0 Å². The Morgan fingerprint density at radius 2 is 1.59 bits per heavy atom. The molecule has 0 aliphatic heterocycles. The summed E-state index contributed by atoms with van der Waals surface area (Å²) in [6.07, 6.45) is 1.14. The van der Waals surface area contributed by atoms with Gasteiger partial charge in [0.05, 0.1) is 27.9 Å². The van der Waals surface area contributed by atoms with Gasteiger partial charge in [-0.1, -0.05) is 6.92 Å². The van der Waals surface area contributed by atoms with Crippen LogP contribution in [0.15, 0.2) is 12.1 Å². The van der Waals surface area contributed by atoms with Crippen molar-refractivity contribution >= 4 is 17.5 Å². The van der Waals surface area contributed by atoms with E-state index >= 15 is 0 Å². The van der Waals surface area contributed by atoms with Gasteiger partial charge in [-0.2, -0.15) is 0 Å². The second-order valence-corrected chi connectivity index (χ2v) is 4.49. The van der Waals surface area contributed by atoms with Crippen molar-refractivity contribution in [3.63, 3.8) is 0 Å². The molecule has 2 N–H and O–H groups in total. The van der Waals surface area contributed by atoms with Crippen LogP contribution in [-0.4, -0.2) is 39.7 Å². The first-order chi connectivity index (χ1) is 10.5. The van der Waals surface area contributed by atoms with Gasteiger partial charge in [0.2, 0.25) is 17.6 Å². The van der Waals surface area contributed by atoms with Gasteiger partial charge in [0.25, 0.3) is 0 Å². The van der Waals surface area contributed by atoms with E-state index in [-0.39, 0.29) is 18.4 Å². The maximum absolute atomic E-state index is 11.8. The van der Waals surface area contributed by atoms with Crippen LogP contribution in [0, 0.1) is 0 Å². The van der Waals surface area contributed by atoms with E-state index in [4.69, 9.17) is 14.2 Å². The second-order valence-electron chi connectivity index (χ2n) is 4.49. The fourth-order valence-corrected chi connectivity index (χ4v) is 1.85. The van der Waals surface area contributed by atoms with Crippen molar-refractivity contribution in [2.75, 3.05) is 33.2 Å². The summed E-state index contributed by atoms with van der Waals surface area (Å²) in [5.74, 6) is 0.833. The van der Waals surface area contributed by atoms with Crippen molar-refractivity contribution in [1.82, 2.24) is 5.32 Å². The summed E-state index contributed by atoms with van der Waals surface area (Å²) >= 11 is 0. The zero-order chi connectivity index (χ0) is 16.5. The van der Waals surface area contributed by atoms with Gasteiger partial charge in [0.15, 0.2) is 11.5 Å². The Hall–Kier alpha value is -2.44. The lowest BCUT2D eigenvalue weighted by molar-refractivity contribution is -0.124. The summed E-state index contributed by atoms with van der Waals surface area (Å²) in [6, 6.07) is 3.24. The third-order valence-corrected chi connectivity index (χ3v) is 2.87. The Morgan fingerprint density at radius 3 is 2.05 bits per heavy atom. The van der Waals surface area contributed by atoms with E-state index in [1.165, 1.54) is 21.3 Å². The maximum Gasteiger partial charge on any atom is 0.243 e. The minimum Gasteiger partial charge on any atom is -0.493 e. The zero-order valence-electron chi connectivity index (χ0n) is 13.3. The molecule has 0 fully saturated rings. The molecule has 0 unspecified atom stereocenters. The molecule has 0 bridgehead atoms. The Balaban J connectivity index is 2.76. The summed E-state index contributed by atoms with van der Waals surface area (Å²) in [4.78, 5) is 23.2. The predicted molar refractivity (Wildman–Crippen MR) is 82.6 cm³/mol. The molecule has 1 aromatic carbocycles. The van der Waals surface area contributed by atoms with E-state index in [0.29, 0.717) is 29.4 Å². The van der Waals surface area contributed by atoms with Crippen molar-refractivity contribution in [1.29, 1.82) is 0 Å². The molecule has 22 heavy (non-hydrogen) atoms. The lowest BCUT2D eigenvalue weighted by atomic mass is 10.2. The van der Waals surface area contributed by atoms with E-state index < -0.39 is 0 Å². The average molecular weight is 310 g/mol. The number of methoxy groups -OCH3 is 3. The van der Waals surface area contributed by atoms with Crippen molar-refractivity contribution in [2.45, 2.75) is 19.8 Å². The van der Waals surface area contributed by atoms with Crippen LogP contribution in [0.1, 0.15) is 19.8 Å². The Morgan fingerprint density at radius 1 is 1.00 bits per heavy atom. The Bertz CT molecular complexity index is 506. The first kappa shape index (κ1) is 17.6. The molecule has 7 nitrogen and oxygen atoms in total. The molecule has 122 valence electrons. The lowest BCUT2D eigenvalue weighted by Crippen LogP contribution is -2.32. The largest absolute Gasteiger partial charge is 0.493 e. The van der Waals surface area contributed by atoms with Crippen molar-refractivity contribution in [2.24, 2.45) is 0 Å². The lowest BCUT2D eigenvalue weighted by Gasteiger charge is -2.14. The standard InChI is InChI=1S/C15H22N2O5/c1-5-6-13(18)16-9-14(19)17-10-7-11(20-2)15(22-4)12(8-10)21-3/h7-8H,5-6,9H2,1-4H3,(H,16,18)(H,17,19). The smallest absolute Gasteiger partial charge is 0.243 e. The molecule has 2 amide bonds. The molecule has 0 aromatic heterocycles. The number of rotatable bonds is 8. The monoisotopic (exact) mass is 310 g/mol. The van der Waals surface area contributed by atoms with Crippen LogP contribution in [0.25, 0.3) is 0 Å². The molecule has 0 saturated heterocycles. The quantitative estimate of drug-likeness (QED) is 0.761. The number of hydrogen-bond acceptors (Lipinski definition) is 5. The molecule has 0 heterocycles. The van der Waals surface area contributed by atoms with Gasteiger partial charge in [-0.05, 0) is 6.42 Å². The number of anilines is 1. The number of nitrogens with one attached hydrogen (secondary N) is 2. The third-order valence-electron chi connectivity index (χ3n) is 2.87. The zero-order valence-corrected chi connectivity index (χ0v) is 13.3. The van der Waals surface area contributed by atoms with Gasteiger partial charge in [-0.3, -0.25) is 9.59 Å². The highest BCUT2D eigenvalue weighted by Gasteiger charge is 2.14. The van der Waals surface area contributed by atoms with Gasteiger partial charge in [0, 0.05) is 24.2 Å². The highest BCUT2D eigenvalue weighted by atomic mass is 16.5. The Kier molecular flexibility index (Phi) is 7.01. The number of hydrogen-bond donors (Lipinski definition) is 2. The minimum absolute atomic E-state index is 0.0878. The molecule has 0 aliphatic rings. The van der Waals surface area contributed by atoms with E-state index in [0.717, 1.165) is 6.42 Å². The van der Waals surface area contributed by atoms with E-state index in [9.17, 15) is 9.59 Å². The van der Waals surface area contributed by atoms with E-state index in [1.54, 1.807) is 12.1 Å². The first-order valence-electron chi connectivity index (χ1n) is 6.92. The van der Waals surface area contributed by atoms with Gasteiger partial charge in [0.1, 0.15) is 0 Å².